The van der Waals surface area contributed by atoms with E-state index in [-0.39, 0.29) is 0 Å². The van der Waals surface area contributed by atoms with Gasteiger partial charge in [0.05, 0.1) is 0 Å². The molecular weight excluding hydrogens is 208 g/mol. The van der Waals surface area contributed by atoms with E-state index in [9.17, 15) is 0 Å². The molecule has 2 nitrogen and oxygen atoms in total. The smallest absolute Gasteiger partial charge is 0.0419 e. The van der Waals surface area contributed by atoms with Crippen molar-refractivity contribution in [3.63, 3.8) is 0 Å². The summed E-state index contributed by atoms with van der Waals surface area (Å²) >= 11 is 0. The molecule has 0 saturated heterocycles. The molecule has 17 heavy (non-hydrogen) atoms. The van der Waals surface area contributed by atoms with Crippen molar-refractivity contribution in [1.29, 1.82) is 0 Å². The lowest BCUT2D eigenvalue weighted by Gasteiger charge is -2.25. The zero-order valence-electron chi connectivity index (χ0n) is 10.7. The van der Waals surface area contributed by atoms with Crippen molar-refractivity contribution in [1.82, 2.24) is 4.90 Å². The molecule has 92 valence electrons. The molecule has 3 rings (SSSR count). The first-order chi connectivity index (χ1) is 8.34. The molecule has 2 heteroatoms. The standard InChI is InChI=1S/C15H22N2/c1-17(14-7-2-3-8-14)11-13-6-4-5-12-9-10-16-15(12)13/h4-6,14,16H,2-3,7-11H2,1H3. The zero-order chi connectivity index (χ0) is 11.7. The molecule has 0 atom stereocenters. The Morgan fingerprint density at radius 3 is 2.94 bits per heavy atom. The first-order valence-electron chi connectivity index (χ1n) is 6.89. The molecule has 1 aromatic carbocycles. The van der Waals surface area contributed by atoms with Gasteiger partial charge >= 0.3 is 0 Å². The Hall–Kier alpha value is -1.02. The molecule has 1 N–H and O–H groups in total. The summed E-state index contributed by atoms with van der Waals surface area (Å²) in [6.45, 7) is 2.21. The van der Waals surface area contributed by atoms with E-state index < -0.39 is 0 Å². The van der Waals surface area contributed by atoms with Crippen LogP contribution < -0.4 is 5.32 Å². The molecule has 0 bridgehead atoms. The van der Waals surface area contributed by atoms with Gasteiger partial charge < -0.3 is 5.32 Å². The summed E-state index contributed by atoms with van der Waals surface area (Å²) in [5, 5.41) is 3.54. The van der Waals surface area contributed by atoms with Crippen LogP contribution in [0.5, 0.6) is 0 Å². The second-order valence-corrected chi connectivity index (χ2v) is 5.48. The number of benzene rings is 1. The Kier molecular flexibility index (Phi) is 3.06. The van der Waals surface area contributed by atoms with Crippen LogP contribution in [0.2, 0.25) is 0 Å². The first-order valence-corrected chi connectivity index (χ1v) is 6.89. The summed E-state index contributed by atoms with van der Waals surface area (Å²) in [6.07, 6.45) is 6.80. The molecule has 1 saturated carbocycles. The maximum Gasteiger partial charge on any atom is 0.0419 e. The highest BCUT2D eigenvalue weighted by Gasteiger charge is 2.21. The van der Waals surface area contributed by atoms with Gasteiger partial charge in [-0.1, -0.05) is 31.0 Å². The molecule has 1 aliphatic heterocycles. The van der Waals surface area contributed by atoms with Crippen molar-refractivity contribution in [3.05, 3.63) is 29.3 Å². The summed E-state index contributed by atoms with van der Waals surface area (Å²) in [4.78, 5) is 2.54. The average Bonchev–Trinajstić information content (AvgIpc) is 3.00. The molecular formula is C15H22N2. The Morgan fingerprint density at radius 1 is 1.29 bits per heavy atom. The highest BCUT2D eigenvalue weighted by atomic mass is 15.1. The molecule has 0 spiro atoms. The van der Waals surface area contributed by atoms with E-state index in [1.165, 1.54) is 48.9 Å². The van der Waals surface area contributed by atoms with Crippen LogP contribution in [-0.2, 0) is 13.0 Å². The van der Waals surface area contributed by atoms with Gasteiger partial charge in [-0.25, -0.2) is 0 Å². The van der Waals surface area contributed by atoms with Crippen LogP contribution in [0.25, 0.3) is 0 Å². The maximum atomic E-state index is 3.54. The summed E-state index contributed by atoms with van der Waals surface area (Å²) in [6, 6.07) is 7.56. The lowest BCUT2D eigenvalue weighted by Crippen LogP contribution is -2.28. The van der Waals surface area contributed by atoms with Crippen LogP contribution in [0.4, 0.5) is 5.69 Å². The first kappa shape index (κ1) is 11.1. The second-order valence-electron chi connectivity index (χ2n) is 5.48. The molecule has 1 fully saturated rings. The van der Waals surface area contributed by atoms with Gasteiger partial charge in [-0.3, -0.25) is 4.90 Å². The Labute approximate surface area is 104 Å². The summed E-state index contributed by atoms with van der Waals surface area (Å²) in [5.74, 6) is 0. The molecule has 0 radical (unpaired) electrons. The van der Waals surface area contributed by atoms with Crippen LogP contribution in [0.1, 0.15) is 36.8 Å². The number of nitrogens with zero attached hydrogens (tertiary/aromatic N) is 1. The summed E-state index contributed by atoms with van der Waals surface area (Å²) in [5.41, 5.74) is 4.40. The van der Waals surface area contributed by atoms with Crippen LogP contribution in [0.3, 0.4) is 0 Å². The quantitative estimate of drug-likeness (QED) is 0.858. The van der Waals surface area contributed by atoms with Gasteiger partial charge in [0.15, 0.2) is 0 Å². The van der Waals surface area contributed by atoms with E-state index >= 15 is 0 Å². The molecule has 1 aliphatic carbocycles. The summed E-state index contributed by atoms with van der Waals surface area (Å²) < 4.78 is 0. The Balaban J connectivity index is 1.74. The van der Waals surface area contributed by atoms with Crippen molar-refractivity contribution in [2.24, 2.45) is 0 Å². The van der Waals surface area contributed by atoms with Gasteiger partial charge in [0.25, 0.3) is 0 Å². The van der Waals surface area contributed by atoms with E-state index in [1.54, 1.807) is 0 Å². The average molecular weight is 230 g/mol. The number of hydrogen-bond acceptors (Lipinski definition) is 2. The van der Waals surface area contributed by atoms with Crippen LogP contribution in [0.15, 0.2) is 18.2 Å². The molecule has 0 unspecified atom stereocenters. The van der Waals surface area contributed by atoms with E-state index in [0.29, 0.717) is 0 Å². The highest BCUT2D eigenvalue weighted by molar-refractivity contribution is 5.61. The van der Waals surface area contributed by atoms with Crippen LogP contribution in [-0.4, -0.2) is 24.5 Å². The number of para-hydroxylation sites is 1. The van der Waals surface area contributed by atoms with E-state index in [2.05, 4.69) is 35.5 Å². The number of anilines is 1. The Bertz CT molecular complexity index is 394. The van der Waals surface area contributed by atoms with Gasteiger partial charge in [0.2, 0.25) is 0 Å². The van der Waals surface area contributed by atoms with Crippen molar-refractivity contribution in [3.8, 4) is 0 Å². The number of nitrogens with one attached hydrogen (secondary N) is 1. The topological polar surface area (TPSA) is 15.3 Å². The molecule has 1 aromatic rings. The van der Waals surface area contributed by atoms with Gasteiger partial charge in [-0.05, 0) is 37.4 Å². The number of hydrogen-bond donors (Lipinski definition) is 1. The minimum atomic E-state index is 0.812. The lowest BCUT2D eigenvalue weighted by molar-refractivity contribution is 0.238. The van der Waals surface area contributed by atoms with Gasteiger partial charge in [-0.15, -0.1) is 0 Å². The lowest BCUT2D eigenvalue weighted by atomic mass is 10.1. The van der Waals surface area contributed by atoms with E-state index in [1.807, 2.05) is 0 Å². The maximum absolute atomic E-state index is 3.54. The van der Waals surface area contributed by atoms with Crippen molar-refractivity contribution >= 4 is 5.69 Å². The molecule has 0 aromatic heterocycles. The molecule has 1 heterocycles. The molecule has 2 aliphatic rings. The van der Waals surface area contributed by atoms with Crippen molar-refractivity contribution < 1.29 is 0 Å². The van der Waals surface area contributed by atoms with Gasteiger partial charge in [0.1, 0.15) is 0 Å². The van der Waals surface area contributed by atoms with Crippen molar-refractivity contribution in [2.45, 2.75) is 44.7 Å². The minimum absolute atomic E-state index is 0.812. The van der Waals surface area contributed by atoms with E-state index in [4.69, 9.17) is 0 Å². The van der Waals surface area contributed by atoms with Crippen LogP contribution in [0, 0.1) is 0 Å². The minimum Gasteiger partial charge on any atom is -0.384 e. The Morgan fingerprint density at radius 2 is 2.12 bits per heavy atom. The molecule has 0 amide bonds. The third-order valence-electron chi connectivity index (χ3n) is 4.30. The van der Waals surface area contributed by atoms with Gasteiger partial charge in [-0.2, -0.15) is 0 Å². The highest BCUT2D eigenvalue weighted by Crippen LogP contribution is 2.29. The third kappa shape index (κ3) is 2.19. The van der Waals surface area contributed by atoms with Gasteiger partial charge in [0, 0.05) is 24.8 Å². The van der Waals surface area contributed by atoms with E-state index in [0.717, 1.165) is 19.1 Å². The largest absolute Gasteiger partial charge is 0.384 e. The predicted molar refractivity (Wildman–Crippen MR) is 72.4 cm³/mol. The monoisotopic (exact) mass is 230 g/mol. The number of rotatable bonds is 3. The normalized spacial score (nSPS) is 19.6. The second kappa shape index (κ2) is 4.69. The SMILES string of the molecule is CN(Cc1cccc2c1NCC2)C1CCCC1. The number of fused-ring (bicyclic) bond motifs is 1. The summed E-state index contributed by atoms with van der Waals surface area (Å²) in [7, 11) is 2.28. The third-order valence-corrected chi connectivity index (χ3v) is 4.30. The van der Waals surface area contributed by atoms with Crippen molar-refractivity contribution in [2.75, 3.05) is 18.9 Å². The van der Waals surface area contributed by atoms with Crippen LogP contribution >= 0.6 is 0 Å². The zero-order valence-corrected chi connectivity index (χ0v) is 10.7. The predicted octanol–water partition coefficient (Wildman–Crippen LogP) is 3.03. The fourth-order valence-electron chi connectivity index (χ4n) is 3.29. The fourth-order valence-corrected chi connectivity index (χ4v) is 3.29. The fraction of sp³-hybridized carbons (Fsp3) is 0.600.